The van der Waals surface area contributed by atoms with Crippen molar-refractivity contribution >= 4 is 39.5 Å². The molecule has 6 heteroatoms. The second kappa shape index (κ2) is 10.2. The van der Waals surface area contributed by atoms with Gasteiger partial charge in [-0.15, -0.1) is 0 Å². The van der Waals surface area contributed by atoms with Gasteiger partial charge < -0.3 is 9.47 Å². The first kappa shape index (κ1) is 17.1. The van der Waals surface area contributed by atoms with Gasteiger partial charge in [0.2, 0.25) is 0 Å². The maximum absolute atomic E-state index is 10.2. The Morgan fingerprint density at radius 2 is 1.67 bits per heavy atom. The van der Waals surface area contributed by atoms with Crippen molar-refractivity contribution in [2.75, 3.05) is 0 Å². The van der Waals surface area contributed by atoms with Gasteiger partial charge in [-0.25, -0.2) is 0 Å². The van der Waals surface area contributed by atoms with E-state index in [-0.39, 0.29) is 17.0 Å². The van der Waals surface area contributed by atoms with E-state index in [0.29, 0.717) is 0 Å². The summed E-state index contributed by atoms with van der Waals surface area (Å²) in [4.78, 5) is 20.1. The van der Waals surface area contributed by atoms with Crippen molar-refractivity contribution < 1.29 is 19.1 Å². The normalized spacial score (nSPS) is 12.9. The number of esters is 2. The number of rotatable bonds is 3. The topological polar surface area (TPSA) is 52.6 Å². The molecule has 0 aromatic heterocycles. The monoisotopic (exact) mass is 302 g/mol. The number of ether oxygens (including phenoxy) is 2. The van der Waals surface area contributed by atoms with Gasteiger partial charge in [0.1, 0.15) is 0 Å². The second-order valence-electron chi connectivity index (χ2n) is 2.58. The molecule has 2 unspecified atom stereocenters. The molecule has 0 aliphatic rings. The van der Waals surface area contributed by atoms with Gasteiger partial charge in [0, 0.05) is 13.8 Å². The molecular formula is C9H16BrClO4. The SMILES string of the molecule is CC(=O)OC(C)Cl.CCC(Br)OC(C)=O. The number of hydrogen-bond donors (Lipinski definition) is 0. The maximum atomic E-state index is 10.2. The molecule has 0 aliphatic carbocycles. The number of carbonyl (C=O) groups is 2. The first-order chi connectivity index (χ1) is 6.79. The molecule has 0 spiro atoms. The second-order valence-corrected chi connectivity index (χ2v) is 4.22. The molecule has 15 heavy (non-hydrogen) atoms. The van der Waals surface area contributed by atoms with E-state index < -0.39 is 5.56 Å². The highest BCUT2D eigenvalue weighted by atomic mass is 79.9. The molecule has 4 nitrogen and oxygen atoms in total. The van der Waals surface area contributed by atoms with Gasteiger partial charge in [-0.1, -0.05) is 18.5 Å². The summed E-state index contributed by atoms with van der Waals surface area (Å²) in [7, 11) is 0. The molecular weight excluding hydrogens is 287 g/mol. The lowest BCUT2D eigenvalue weighted by atomic mass is 10.5. The van der Waals surface area contributed by atoms with Crippen LogP contribution >= 0.6 is 27.5 Å². The van der Waals surface area contributed by atoms with Crippen LogP contribution in [0.5, 0.6) is 0 Å². The molecule has 0 aliphatic heterocycles. The molecule has 0 radical (unpaired) electrons. The predicted octanol–water partition coefficient (Wildman–Crippen LogP) is 2.81. The molecule has 0 rings (SSSR count). The molecule has 0 saturated carbocycles. The highest BCUT2D eigenvalue weighted by Gasteiger charge is 2.01. The van der Waals surface area contributed by atoms with Gasteiger partial charge in [-0.05, 0) is 29.3 Å². The molecule has 0 heterocycles. The van der Waals surface area contributed by atoms with Gasteiger partial charge in [-0.2, -0.15) is 0 Å². The summed E-state index contributed by atoms with van der Waals surface area (Å²) in [5, 5.41) is -0.111. The van der Waals surface area contributed by atoms with E-state index in [1.807, 2.05) is 6.92 Å². The van der Waals surface area contributed by atoms with E-state index in [1.54, 1.807) is 6.92 Å². The largest absolute Gasteiger partial charge is 0.451 e. The third-order valence-electron chi connectivity index (χ3n) is 0.943. The lowest BCUT2D eigenvalue weighted by Crippen LogP contribution is -2.06. The summed E-state index contributed by atoms with van der Waals surface area (Å²) in [5.41, 5.74) is -0.502. The summed E-state index contributed by atoms with van der Waals surface area (Å²) in [6.45, 7) is 6.23. The van der Waals surface area contributed by atoms with Crippen LogP contribution in [0.25, 0.3) is 0 Å². The summed E-state index contributed by atoms with van der Waals surface area (Å²) < 4.78 is 9.05. The van der Waals surface area contributed by atoms with E-state index in [2.05, 4.69) is 25.4 Å². The van der Waals surface area contributed by atoms with Gasteiger partial charge in [0.15, 0.2) is 10.6 Å². The van der Waals surface area contributed by atoms with E-state index in [4.69, 9.17) is 11.6 Å². The fourth-order valence-electron chi connectivity index (χ4n) is 0.492. The van der Waals surface area contributed by atoms with Crippen LogP contribution in [0, 0.1) is 0 Å². The quantitative estimate of drug-likeness (QED) is 0.594. The molecule has 0 aromatic carbocycles. The summed E-state index contributed by atoms with van der Waals surface area (Å²) in [6, 6.07) is 0. The first-order valence-corrected chi connectivity index (χ1v) is 5.77. The molecule has 90 valence electrons. The lowest BCUT2D eigenvalue weighted by Gasteiger charge is -2.04. The number of hydrogen-bond acceptors (Lipinski definition) is 4. The Bertz CT molecular complexity index is 197. The zero-order valence-electron chi connectivity index (χ0n) is 9.25. The lowest BCUT2D eigenvalue weighted by molar-refractivity contribution is -0.143. The first-order valence-electron chi connectivity index (χ1n) is 4.42. The minimum Gasteiger partial charge on any atom is -0.451 e. The van der Waals surface area contributed by atoms with Crippen molar-refractivity contribution in [2.45, 2.75) is 44.7 Å². The average molecular weight is 304 g/mol. The Hall–Kier alpha value is -0.290. The molecule has 0 N–H and O–H groups in total. The highest BCUT2D eigenvalue weighted by molar-refractivity contribution is 9.09. The Kier molecular flexibility index (Phi) is 11.7. The Morgan fingerprint density at radius 3 is 1.73 bits per heavy atom. The predicted molar refractivity (Wildman–Crippen MR) is 61.9 cm³/mol. The van der Waals surface area contributed by atoms with Crippen molar-refractivity contribution in [3.63, 3.8) is 0 Å². The fraction of sp³-hybridized carbons (Fsp3) is 0.778. The average Bonchev–Trinajstić information content (AvgIpc) is 2.01. The van der Waals surface area contributed by atoms with Crippen LogP contribution in [0.1, 0.15) is 34.1 Å². The third-order valence-corrected chi connectivity index (χ3v) is 1.87. The van der Waals surface area contributed by atoms with Crippen LogP contribution in [0.3, 0.4) is 0 Å². The molecule has 0 aromatic rings. The Balaban J connectivity index is 0. The number of carbonyl (C=O) groups excluding carboxylic acids is 2. The summed E-state index contributed by atoms with van der Waals surface area (Å²) >= 11 is 8.36. The molecule has 0 fully saturated rings. The zero-order chi connectivity index (χ0) is 12.4. The minimum atomic E-state index is -0.502. The Labute approximate surface area is 103 Å². The zero-order valence-corrected chi connectivity index (χ0v) is 11.6. The van der Waals surface area contributed by atoms with E-state index in [0.717, 1.165) is 6.42 Å². The highest BCUT2D eigenvalue weighted by Crippen LogP contribution is 2.05. The van der Waals surface area contributed by atoms with Crippen molar-refractivity contribution in [2.24, 2.45) is 0 Å². The standard InChI is InChI=1S/C5H9BrO2.C4H7ClO2/c1-3-5(6)8-4(2)7;1-3(5)7-4(2)6/h5H,3H2,1-2H3;3H,1-2H3. The van der Waals surface area contributed by atoms with Gasteiger partial charge in [0.05, 0.1) is 0 Å². The van der Waals surface area contributed by atoms with Crippen LogP contribution in [0.15, 0.2) is 0 Å². The van der Waals surface area contributed by atoms with Gasteiger partial charge in [-0.3, -0.25) is 9.59 Å². The van der Waals surface area contributed by atoms with E-state index >= 15 is 0 Å². The van der Waals surface area contributed by atoms with Crippen LogP contribution in [-0.2, 0) is 19.1 Å². The van der Waals surface area contributed by atoms with Crippen molar-refractivity contribution in [1.82, 2.24) is 0 Å². The van der Waals surface area contributed by atoms with Gasteiger partial charge >= 0.3 is 11.9 Å². The van der Waals surface area contributed by atoms with Crippen LogP contribution in [0.4, 0.5) is 0 Å². The van der Waals surface area contributed by atoms with Crippen molar-refractivity contribution in [3.05, 3.63) is 0 Å². The molecule has 2 atom stereocenters. The van der Waals surface area contributed by atoms with Crippen LogP contribution in [-0.4, -0.2) is 22.5 Å². The van der Waals surface area contributed by atoms with E-state index in [9.17, 15) is 9.59 Å². The summed E-state index contributed by atoms with van der Waals surface area (Å²) in [6.07, 6.45) is 0.805. The number of alkyl halides is 2. The van der Waals surface area contributed by atoms with E-state index in [1.165, 1.54) is 13.8 Å². The fourth-order valence-corrected chi connectivity index (χ4v) is 0.881. The number of halogens is 2. The smallest absolute Gasteiger partial charge is 0.304 e. The molecule has 0 bridgehead atoms. The van der Waals surface area contributed by atoms with Crippen LogP contribution in [0.2, 0.25) is 0 Å². The third kappa shape index (κ3) is 19.9. The minimum absolute atomic E-state index is 0.111. The molecule has 0 amide bonds. The van der Waals surface area contributed by atoms with Crippen molar-refractivity contribution in [3.8, 4) is 0 Å². The summed E-state index contributed by atoms with van der Waals surface area (Å²) in [5.74, 6) is -0.587. The molecule has 0 saturated heterocycles. The van der Waals surface area contributed by atoms with Crippen molar-refractivity contribution in [1.29, 1.82) is 0 Å². The van der Waals surface area contributed by atoms with Gasteiger partial charge in [0.25, 0.3) is 0 Å². The van der Waals surface area contributed by atoms with Crippen LogP contribution < -0.4 is 0 Å². The Morgan fingerprint density at radius 1 is 1.27 bits per heavy atom. The maximum Gasteiger partial charge on any atom is 0.304 e.